The van der Waals surface area contributed by atoms with Crippen molar-refractivity contribution in [3.05, 3.63) is 12.7 Å². The molecule has 278 valence electrons. The third-order valence-electron chi connectivity index (χ3n) is 7.90. The van der Waals surface area contributed by atoms with Gasteiger partial charge in [-0.3, -0.25) is 13.6 Å². The standard InChI is InChI=1S/C22H35N5O20P2/c23-18-10-19(25-5-24-18)27(6-26-10)20-15(34)12(31)8(43-20)2-41-48(37,38)47-49(39,40)42-3-9-13(32)17(36)22(4-29,45-9)46-21-16(35)14(33)11(30)7(1-28)44-21/h5-9,11-17,20-21,28-36H,1-4H2,(H,37,38)(H,39,40)(H2,23,24,25). The fourth-order valence-corrected chi connectivity index (χ4v) is 7.38. The number of nitrogen functional groups attached to an aromatic ring is 1. The van der Waals surface area contributed by atoms with Gasteiger partial charge in [-0.2, -0.15) is 4.31 Å². The molecule has 5 rings (SSSR count). The van der Waals surface area contributed by atoms with Gasteiger partial charge in [0.05, 0.1) is 26.1 Å². The number of aromatic nitrogens is 4. The van der Waals surface area contributed by atoms with Gasteiger partial charge in [-0.05, 0) is 0 Å². The molecule has 0 aromatic carbocycles. The molecule has 0 saturated carbocycles. The van der Waals surface area contributed by atoms with Gasteiger partial charge in [0, 0.05) is 0 Å². The Kier molecular flexibility index (Phi) is 11.4. The predicted molar refractivity (Wildman–Crippen MR) is 150 cm³/mol. The normalized spacial score (nSPS) is 40.8. The van der Waals surface area contributed by atoms with E-state index in [9.17, 15) is 64.9 Å². The first-order valence-corrected chi connectivity index (χ1v) is 17.2. The first kappa shape index (κ1) is 38.3. The molecule has 2 aromatic rings. The lowest BCUT2D eigenvalue weighted by Gasteiger charge is -2.43. The average Bonchev–Trinajstić information content (AvgIpc) is 3.68. The van der Waals surface area contributed by atoms with Gasteiger partial charge in [0.1, 0.15) is 79.5 Å². The Bertz CT molecular complexity index is 1560. The molecule has 3 aliphatic heterocycles. The van der Waals surface area contributed by atoms with E-state index in [-0.39, 0.29) is 17.0 Å². The number of aliphatic hydroxyl groups is 9. The molecular formula is C22H35N5O20P2. The molecule has 2 aromatic heterocycles. The molecule has 0 bridgehead atoms. The van der Waals surface area contributed by atoms with Crippen LogP contribution in [0.3, 0.4) is 0 Å². The summed E-state index contributed by atoms with van der Waals surface area (Å²) in [7, 11) is -11.1. The minimum atomic E-state index is -5.57. The maximum absolute atomic E-state index is 12.5. The van der Waals surface area contributed by atoms with Crippen LogP contribution in [0.5, 0.6) is 0 Å². The fourth-order valence-electron chi connectivity index (χ4n) is 5.28. The number of phosphoric ester groups is 2. The first-order valence-electron chi connectivity index (χ1n) is 14.2. The Morgan fingerprint density at radius 2 is 1.45 bits per heavy atom. The molecule has 3 aliphatic rings. The van der Waals surface area contributed by atoms with E-state index < -0.39 is 121 Å². The molecule has 15 unspecified atom stereocenters. The fraction of sp³-hybridized carbons (Fsp3) is 0.773. The van der Waals surface area contributed by atoms with Gasteiger partial charge in [0.2, 0.25) is 5.79 Å². The Balaban J connectivity index is 1.16. The summed E-state index contributed by atoms with van der Waals surface area (Å²) in [6, 6.07) is 0. The molecule has 0 spiro atoms. The summed E-state index contributed by atoms with van der Waals surface area (Å²) < 4.78 is 61.0. The minimum Gasteiger partial charge on any atom is -0.394 e. The van der Waals surface area contributed by atoms with Crippen molar-refractivity contribution in [1.82, 2.24) is 19.5 Å². The number of hydrogen-bond acceptors (Lipinski definition) is 22. The number of nitrogens with zero attached hydrogens (tertiary/aromatic N) is 4. The van der Waals surface area contributed by atoms with E-state index in [1.165, 1.54) is 10.9 Å². The molecule has 25 nitrogen and oxygen atoms in total. The number of ether oxygens (including phenoxy) is 4. The number of fused-ring (bicyclic) bond motifs is 1. The molecule has 3 saturated heterocycles. The summed E-state index contributed by atoms with van der Waals surface area (Å²) in [6.45, 7) is -4.25. The lowest BCUT2D eigenvalue weighted by atomic mass is 9.99. The van der Waals surface area contributed by atoms with Gasteiger partial charge in [0.25, 0.3) is 0 Å². The van der Waals surface area contributed by atoms with Crippen molar-refractivity contribution < 1.29 is 97.2 Å². The van der Waals surface area contributed by atoms with Crippen LogP contribution < -0.4 is 5.73 Å². The summed E-state index contributed by atoms with van der Waals surface area (Å²) >= 11 is 0. The van der Waals surface area contributed by atoms with Gasteiger partial charge in [-0.1, -0.05) is 0 Å². The SMILES string of the molecule is Nc1ncnc2c1ncn2C1OC(COP(=O)(O)OP(=O)(O)OCC2OC(CO)(OC3OC(CO)C(O)C(O)C3O)C(O)C2O)C(O)C1O. The van der Waals surface area contributed by atoms with E-state index in [1.807, 2.05) is 0 Å². The van der Waals surface area contributed by atoms with E-state index in [0.717, 1.165) is 6.33 Å². The van der Waals surface area contributed by atoms with Crippen LogP contribution in [0.4, 0.5) is 5.82 Å². The molecule has 3 fully saturated rings. The Morgan fingerprint density at radius 1 is 0.816 bits per heavy atom. The molecule has 49 heavy (non-hydrogen) atoms. The molecule has 0 amide bonds. The average molecular weight is 751 g/mol. The Morgan fingerprint density at radius 3 is 2.08 bits per heavy atom. The maximum atomic E-state index is 12.5. The van der Waals surface area contributed by atoms with E-state index in [2.05, 4.69) is 28.3 Å². The van der Waals surface area contributed by atoms with Crippen molar-refractivity contribution >= 4 is 32.6 Å². The Hall–Kier alpha value is -1.91. The first-order chi connectivity index (χ1) is 22.9. The van der Waals surface area contributed by atoms with Crippen molar-refractivity contribution in [1.29, 1.82) is 0 Å². The lowest BCUT2D eigenvalue weighted by Crippen LogP contribution is -2.62. The Labute approximate surface area is 273 Å². The topological polar surface area (TPSA) is 391 Å². The smallest absolute Gasteiger partial charge is 0.394 e. The van der Waals surface area contributed by atoms with Gasteiger partial charge in [-0.15, -0.1) is 0 Å². The number of rotatable bonds is 13. The van der Waals surface area contributed by atoms with Crippen molar-refractivity contribution in [2.24, 2.45) is 0 Å². The summed E-state index contributed by atoms with van der Waals surface area (Å²) in [5, 5.41) is 91.4. The minimum absolute atomic E-state index is 0.0185. The van der Waals surface area contributed by atoms with Crippen molar-refractivity contribution in [3.8, 4) is 0 Å². The van der Waals surface area contributed by atoms with E-state index in [1.54, 1.807) is 0 Å². The molecule has 0 aliphatic carbocycles. The van der Waals surface area contributed by atoms with E-state index in [0.29, 0.717) is 0 Å². The van der Waals surface area contributed by atoms with Crippen LogP contribution >= 0.6 is 15.6 Å². The number of nitrogens with two attached hydrogens (primary N) is 1. The third kappa shape index (κ3) is 7.67. The van der Waals surface area contributed by atoms with E-state index >= 15 is 0 Å². The van der Waals surface area contributed by atoms with Crippen LogP contribution in [-0.4, -0.2) is 175 Å². The quantitative estimate of drug-likeness (QED) is 0.0847. The summed E-state index contributed by atoms with van der Waals surface area (Å²) in [4.78, 5) is 31.9. The highest BCUT2D eigenvalue weighted by Gasteiger charge is 2.59. The summed E-state index contributed by atoms with van der Waals surface area (Å²) in [6.07, 6.45) is -19.1. The highest BCUT2D eigenvalue weighted by Crippen LogP contribution is 2.61. The van der Waals surface area contributed by atoms with Crippen molar-refractivity contribution in [2.75, 3.05) is 32.2 Å². The monoisotopic (exact) mass is 751 g/mol. The van der Waals surface area contributed by atoms with Gasteiger partial charge in [0.15, 0.2) is 24.0 Å². The zero-order chi connectivity index (χ0) is 36.1. The van der Waals surface area contributed by atoms with Crippen molar-refractivity contribution in [2.45, 2.75) is 79.3 Å². The van der Waals surface area contributed by atoms with Crippen LogP contribution in [0.2, 0.25) is 0 Å². The molecule has 15 atom stereocenters. The number of phosphoric acid groups is 2. The molecule has 27 heteroatoms. The zero-order valence-electron chi connectivity index (χ0n) is 24.8. The summed E-state index contributed by atoms with van der Waals surface area (Å²) in [5.74, 6) is -2.62. The van der Waals surface area contributed by atoms with Gasteiger partial charge in [-0.25, -0.2) is 24.1 Å². The van der Waals surface area contributed by atoms with Crippen LogP contribution in [0, 0.1) is 0 Å². The number of anilines is 1. The molecule has 5 heterocycles. The van der Waals surface area contributed by atoms with Crippen LogP contribution in [0.15, 0.2) is 12.7 Å². The largest absolute Gasteiger partial charge is 0.481 e. The van der Waals surface area contributed by atoms with Crippen LogP contribution in [-0.2, 0) is 41.4 Å². The number of hydrogen-bond donors (Lipinski definition) is 12. The lowest BCUT2D eigenvalue weighted by molar-refractivity contribution is -0.383. The van der Waals surface area contributed by atoms with E-state index in [4.69, 9.17) is 24.7 Å². The molecular weight excluding hydrogens is 716 g/mol. The second-order valence-electron chi connectivity index (χ2n) is 11.1. The third-order valence-corrected chi connectivity index (χ3v) is 10.5. The molecule has 13 N–H and O–H groups in total. The zero-order valence-corrected chi connectivity index (χ0v) is 26.6. The van der Waals surface area contributed by atoms with Gasteiger partial charge < -0.3 is 80.4 Å². The van der Waals surface area contributed by atoms with Crippen molar-refractivity contribution in [3.63, 3.8) is 0 Å². The van der Waals surface area contributed by atoms with Crippen LogP contribution in [0.25, 0.3) is 11.2 Å². The summed E-state index contributed by atoms with van der Waals surface area (Å²) in [5.41, 5.74) is 6.03. The molecule has 0 radical (unpaired) electrons. The van der Waals surface area contributed by atoms with Gasteiger partial charge >= 0.3 is 15.6 Å². The number of aliphatic hydroxyl groups excluding tert-OH is 9. The maximum Gasteiger partial charge on any atom is 0.481 e. The number of imidazole rings is 1. The highest BCUT2D eigenvalue weighted by atomic mass is 31.3. The predicted octanol–water partition coefficient (Wildman–Crippen LogP) is -6.10. The van der Waals surface area contributed by atoms with Crippen LogP contribution in [0.1, 0.15) is 6.23 Å². The second kappa shape index (κ2) is 14.6. The second-order valence-corrected chi connectivity index (χ2v) is 14.2. The highest BCUT2D eigenvalue weighted by molar-refractivity contribution is 7.61.